The number of carbonyl (C=O) groups is 2. The van der Waals surface area contributed by atoms with Gasteiger partial charge in [0.05, 0.1) is 0 Å². The van der Waals surface area contributed by atoms with Crippen LogP contribution in [0.5, 0.6) is 0 Å². The third-order valence-corrected chi connectivity index (χ3v) is 7.01. The van der Waals surface area contributed by atoms with E-state index < -0.39 is 0 Å². The van der Waals surface area contributed by atoms with Gasteiger partial charge in [-0.15, -0.1) is 0 Å². The van der Waals surface area contributed by atoms with E-state index in [1.807, 2.05) is 6.08 Å². The molecule has 3 saturated carbocycles. The van der Waals surface area contributed by atoms with Gasteiger partial charge in [0, 0.05) is 18.3 Å². The number of hydrogen-bond acceptors (Lipinski definition) is 2. The molecule has 0 N–H and O–H groups in total. The molecule has 4 aliphatic rings. The molecule has 2 nitrogen and oxygen atoms in total. The molecule has 20 heavy (non-hydrogen) atoms. The van der Waals surface area contributed by atoms with Crippen molar-refractivity contribution in [3.05, 3.63) is 11.6 Å². The summed E-state index contributed by atoms with van der Waals surface area (Å²) in [7, 11) is 0. The van der Waals surface area contributed by atoms with Gasteiger partial charge in [0.15, 0.2) is 5.78 Å². The van der Waals surface area contributed by atoms with Crippen LogP contribution >= 0.6 is 0 Å². The number of hydrogen-bond donors (Lipinski definition) is 0. The van der Waals surface area contributed by atoms with Crippen LogP contribution in [0.25, 0.3) is 0 Å². The highest BCUT2D eigenvalue weighted by Gasteiger charge is 2.55. The Bertz CT molecular complexity index is 504. The van der Waals surface area contributed by atoms with E-state index in [0.29, 0.717) is 23.4 Å². The fourth-order valence-electron chi connectivity index (χ4n) is 5.95. The van der Waals surface area contributed by atoms with Crippen molar-refractivity contribution in [3.8, 4) is 0 Å². The largest absolute Gasteiger partial charge is 0.299 e. The first-order valence-corrected chi connectivity index (χ1v) is 8.36. The Balaban J connectivity index is 1.65. The summed E-state index contributed by atoms with van der Waals surface area (Å²) in [5.41, 5.74) is 1.43. The van der Waals surface area contributed by atoms with Gasteiger partial charge in [-0.3, -0.25) is 9.59 Å². The Hall–Kier alpha value is -0.920. The second-order valence-corrected chi connectivity index (χ2v) is 7.72. The number of fused-ring (bicyclic) bond motifs is 5. The molecule has 0 aromatic heterocycles. The molecule has 4 aliphatic carbocycles. The Morgan fingerprint density at radius 1 is 1.00 bits per heavy atom. The van der Waals surface area contributed by atoms with Crippen LogP contribution in [-0.4, -0.2) is 11.6 Å². The number of allylic oxidation sites excluding steroid dienone is 1. The highest BCUT2D eigenvalue weighted by Crippen LogP contribution is 2.60. The Kier molecular flexibility index (Phi) is 2.74. The third kappa shape index (κ3) is 1.63. The van der Waals surface area contributed by atoms with E-state index in [9.17, 15) is 9.59 Å². The van der Waals surface area contributed by atoms with Crippen molar-refractivity contribution in [2.75, 3.05) is 0 Å². The van der Waals surface area contributed by atoms with Gasteiger partial charge in [0.1, 0.15) is 5.78 Å². The molecule has 0 bridgehead atoms. The molecular formula is C18H24O2. The van der Waals surface area contributed by atoms with Crippen LogP contribution in [0, 0.1) is 29.1 Å². The van der Waals surface area contributed by atoms with Crippen molar-refractivity contribution < 1.29 is 9.59 Å². The lowest BCUT2D eigenvalue weighted by molar-refractivity contribution is -0.131. The SMILES string of the molecule is C[C@]12CC[C@@H]3[C@@H](CCC4=CC(=O)CC[C@@H]43)[C@@H]1CCC2=O. The Labute approximate surface area is 121 Å². The van der Waals surface area contributed by atoms with Gasteiger partial charge in [0.25, 0.3) is 0 Å². The molecule has 0 spiro atoms. The predicted molar refractivity (Wildman–Crippen MR) is 77.1 cm³/mol. The van der Waals surface area contributed by atoms with E-state index in [1.54, 1.807) is 0 Å². The smallest absolute Gasteiger partial charge is 0.155 e. The van der Waals surface area contributed by atoms with Gasteiger partial charge in [-0.05, 0) is 68.3 Å². The van der Waals surface area contributed by atoms with Crippen LogP contribution in [0.3, 0.4) is 0 Å². The van der Waals surface area contributed by atoms with E-state index in [1.165, 1.54) is 18.4 Å². The van der Waals surface area contributed by atoms with Gasteiger partial charge in [-0.1, -0.05) is 12.5 Å². The minimum atomic E-state index is -0.00707. The van der Waals surface area contributed by atoms with E-state index >= 15 is 0 Å². The van der Waals surface area contributed by atoms with E-state index in [2.05, 4.69) is 6.92 Å². The summed E-state index contributed by atoms with van der Waals surface area (Å²) in [6.07, 6.45) is 10.3. The van der Waals surface area contributed by atoms with Crippen LogP contribution in [-0.2, 0) is 9.59 Å². The van der Waals surface area contributed by atoms with Crippen LogP contribution in [0.15, 0.2) is 11.6 Å². The zero-order valence-electron chi connectivity index (χ0n) is 12.4. The predicted octanol–water partition coefficient (Wildman–Crippen LogP) is 3.70. The first-order valence-electron chi connectivity index (χ1n) is 8.36. The highest BCUT2D eigenvalue weighted by molar-refractivity contribution is 5.91. The third-order valence-electron chi connectivity index (χ3n) is 7.01. The summed E-state index contributed by atoms with van der Waals surface area (Å²) >= 11 is 0. The molecule has 0 radical (unpaired) electrons. The topological polar surface area (TPSA) is 34.1 Å². The average molecular weight is 272 g/mol. The molecule has 0 amide bonds. The van der Waals surface area contributed by atoms with Crippen LogP contribution < -0.4 is 0 Å². The lowest BCUT2D eigenvalue weighted by Gasteiger charge is -2.52. The maximum absolute atomic E-state index is 12.3. The van der Waals surface area contributed by atoms with Gasteiger partial charge in [-0.2, -0.15) is 0 Å². The molecule has 2 heteroatoms. The summed E-state index contributed by atoms with van der Waals surface area (Å²) < 4.78 is 0. The maximum atomic E-state index is 12.3. The fraction of sp³-hybridized carbons (Fsp3) is 0.778. The molecule has 108 valence electrons. The normalized spacial score (nSPS) is 47.4. The summed E-state index contributed by atoms with van der Waals surface area (Å²) in [4.78, 5) is 23.9. The number of rotatable bonds is 0. The molecule has 3 fully saturated rings. The molecule has 0 aromatic carbocycles. The monoisotopic (exact) mass is 272 g/mol. The standard InChI is InChI=1S/C18H24O2/c1-18-9-8-14-13-5-3-12(19)10-11(13)2-4-15(14)16(18)6-7-17(18)20/h10,13-16H,2-9H2,1H3/t13-,14-,15+,16-,18-/m0/s1. The van der Waals surface area contributed by atoms with Gasteiger partial charge in [0.2, 0.25) is 0 Å². The summed E-state index contributed by atoms with van der Waals surface area (Å²) in [5.74, 6) is 3.66. The van der Waals surface area contributed by atoms with E-state index in [-0.39, 0.29) is 5.41 Å². The van der Waals surface area contributed by atoms with E-state index in [4.69, 9.17) is 0 Å². The second-order valence-electron chi connectivity index (χ2n) is 7.72. The summed E-state index contributed by atoms with van der Waals surface area (Å²) in [5, 5.41) is 0. The Morgan fingerprint density at radius 3 is 2.70 bits per heavy atom. The summed E-state index contributed by atoms with van der Waals surface area (Å²) in [6, 6.07) is 0. The molecule has 5 atom stereocenters. The molecule has 0 heterocycles. The molecular weight excluding hydrogens is 248 g/mol. The van der Waals surface area contributed by atoms with Crippen molar-refractivity contribution >= 4 is 11.6 Å². The zero-order chi connectivity index (χ0) is 13.9. The number of Topliss-reactive ketones (excluding diaryl/α,β-unsaturated/α-hetero) is 1. The first kappa shape index (κ1) is 12.8. The number of ketones is 2. The Morgan fingerprint density at radius 2 is 1.85 bits per heavy atom. The van der Waals surface area contributed by atoms with Crippen molar-refractivity contribution in [2.24, 2.45) is 29.1 Å². The lowest BCUT2D eigenvalue weighted by Crippen LogP contribution is -2.46. The minimum Gasteiger partial charge on any atom is -0.299 e. The highest BCUT2D eigenvalue weighted by atomic mass is 16.1. The van der Waals surface area contributed by atoms with Gasteiger partial charge < -0.3 is 0 Å². The van der Waals surface area contributed by atoms with Crippen LogP contribution in [0.2, 0.25) is 0 Å². The second kappa shape index (κ2) is 4.29. The molecule has 0 aliphatic heterocycles. The van der Waals surface area contributed by atoms with E-state index in [0.717, 1.165) is 50.4 Å². The quantitative estimate of drug-likeness (QED) is 0.674. The van der Waals surface area contributed by atoms with Gasteiger partial charge in [-0.25, -0.2) is 0 Å². The maximum Gasteiger partial charge on any atom is 0.155 e. The first-order chi connectivity index (χ1) is 9.59. The molecule has 0 saturated heterocycles. The van der Waals surface area contributed by atoms with Crippen LogP contribution in [0.4, 0.5) is 0 Å². The molecule has 0 unspecified atom stereocenters. The van der Waals surface area contributed by atoms with Gasteiger partial charge >= 0.3 is 0 Å². The fourth-order valence-corrected chi connectivity index (χ4v) is 5.95. The zero-order valence-corrected chi connectivity index (χ0v) is 12.4. The minimum absolute atomic E-state index is 0.00707. The average Bonchev–Trinajstić information content (AvgIpc) is 2.74. The molecule has 0 aromatic rings. The van der Waals surface area contributed by atoms with Crippen molar-refractivity contribution in [1.29, 1.82) is 0 Å². The lowest BCUT2D eigenvalue weighted by atomic mass is 9.52. The van der Waals surface area contributed by atoms with Crippen molar-refractivity contribution in [3.63, 3.8) is 0 Å². The van der Waals surface area contributed by atoms with Crippen LogP contribution in [0.1, 0.15) is 58.3 Å². The van der Waals surface area contributed by atoms with Crippen molar-refractivity contribution in [1.82, 2.24) is 0 Å². The molecule has 4 rings (SSSR count). The van der Waals surface area contributed by atoms with Crippen molar-refractivity contribution in [2.45, 2.75) is 58.3 Å². The summed E-state index contributed by atoms with van der Waals surface area (Å²) in [6.45, 7) is 2.24. The number of carbonyl (C=O) groups excluding carboxylic acids is 2.